The molecule has 0 N–H and O–H groups in total. The Morgan fingerprint density at radius 2 is 1.67 bits per heavy atom. The molecule has 0 aromatic heterocycles. The van der Waals surface area contributed by atoms with E-state index in [0.717, 1.165) is 37.1 Å². The Hall–Kier alpha value is -0.990. The van der Waals surface area contributed by atoms with Gasteiger partial charge in [0.15, 0.2) is 0 Å². The molecule has 1 aromatic rings. The average molecular weight is 284 g/mol. The maximum atomic E-state index is 12.2. The van der Waals surface area contributed by atoms with Crippen molar-refractivity contribution in [3.05, 3.63) is 39.9 Å². The van der Waals surface area contributed by atoms with Crippen LogP contribution in [0.5, 0.6) is 0 Å². The number of hydrogen-bond donors (Lipinski definition) is 0. The van der Waals surface area contributed by atoms with Gasteiger partial charge in [-0.05, 0) is 43.0 Å². The second-order valence-electron chi connectivity index (χ2n) is 4.41. The molecule has 1 aromatic carbocycles. The monoisotopic (exact) mass is 283 g/mol. The highest BCUT2D eigenvalue weighted by Crippen LogP contribution is 2.16. The molecule has 18 heavy (non-hydrogen) atoms. The molecule has 0 atom stereocenters. The third-order valence-electron chi connectivity index (χ3n) is 3.08. The number of halogens is 2. The Morgan fingerprint density at radius 1 is 1.06 bits per heavy atom. The Labute approximate surface area is 117 Å². The number of rotatable bonds is 2. The average Bonchev–Trinajstić information content (AvgIpc) is 2.39. The molecule has 0 saturated carbocycles. The zero-order valence-electron chi connectivity index (χ0n) is 10.0. The van der Waals surface area contributed by atoms with E-state index >= 15 is 0 Å². The normalized spacial score (nSPS) is 15.3. The van der Waals surface area contributed by atoms with Gasteiger partial charge in [-0.15, -0.1) is 0 Å². The summed E-state index contributed by atoms with van der Waals surface area (Å²) in [5.41, 5.74) is 1.62. The smallest absolute Gasteiger partial charge is 0.253 e. The molecular weight excluding hydrogens is 269 g/mol. The van der Waals surface area contributed by atoms with Crippen molar-refractivity contribution in [3.8, 4) is 0 Å². The Bertz CT molecular complexity index is 443. The zero-order valence-corrected chi connectivity index (χ0v) is 11.5. The van der Waals surface area contributed by atoms with Crippen LogP contribution >= 0.6 is 23.2 Å². The molecule has 0 radical (unpaired) electrons. The fraction of sp³-hybridized carbons (Fsp3) is 0.357. The van der Waals surface area contributed by atoms with E-state index in [4.69, 9.17) is 23.2 Å². The number of nitrogens with zero attached hydrogens (tertiary/aromatic N) is 1. The van der Waals surface area contributed by atoms with Gasteiger partial charge in [-0.1, -0.05) is 35.3 Å². The summed E-state index contributed by atoms with van der Waals surface area (Å²) in [6.07, 6.45) is 5.09. The quantitative estimate of drug-likeness (QED) is 0.801. The number of piperidine rings is 1. The zero-order chi connectivity index (χ0) is 13.0. The minimum absolute atomic E-state index is 0.113. The minimum atomic E-state index is 0.113. The van der Waals surface area contributed by atoms with E-state index in [9.17, 15) is 4.79 Å². The van der Waals surface area contributed by atoms with Crippen LogP contribution in [-0.2, 0) is 0 Å². The fourth-order valence-corrected chi connectivity index (χ4v) is 2.38. The topological polar surface area (TPSA) is 20.3 Å². The minimum Gasteiger partial charge on any atom is -0.339 e. The highest BCUT2D eigenvalue weighted by atomic mass is 35.5. The molecule has 0 spiro atoms. The van der Waals surface area contributed by atoms with Crippen molar-refractivity contribution in [1.82, 2.24) is 4.90 Å². The number of hydrogen-bond acceptors (Lipinski definition) is 1. The summed E-state index contributed by atoms with van der Waals surface area (Å²) in [6, 6.07) is 7.34. The van der Waals surface area contributed by atoms with E-state index in [0.29, 0.717) is 0 Å². The first-order chi connectivity index (χ1) is 8.66. The molecule has 0 aliphatic carbocycles. The van der Waals surface area contributed by atoms with Gasteiger partial charge in [0.1, 0.15) is 4.49 Å². The van der Waals surface area contributed by atoms with Gasteiger partial charge in [0.25, 0.3) is 5.91 Å². The van der Waals surface area contributed by atoms with Gasteiger partial charge in [0, 0.05) is 18.7 Å². The third-order valence-corrected chi connectivity index (χ3v) is 3.29. The first-order valence-corrected chi connectivity index (χ1v) is 6.84. The fourth-order valence-electron chi connectivity index (χ4n) is 2.13. The number of benzene rings is 1. The lowest BCUT2D eigenvalue weighted by Gasteiger charge is -2.26. The van der Waals surface area contributed by atoms with Crippen LogP contribution in [0.4, 0.5) is 0 Å². The predicted octanol–water partition coefficient (Wildman–Crippen LogP) is 4.09. The van der Waals surface area contributed by atoms with Crippen molar-refractivity contribution in [1.29, 1.82) is 0 Å². The van der Waals surface area contributed by atoms with Crippen molar-refractivity contribution >= 4 is 35.2 Å². The second-order valence-corrected chi connectivity index (χ2v) is 5.42. The van der Waals surface area contributed by atoms with E-state index < -0.39 is 0 Å². The van der Waals surface area contributed by atoms with Crippen LogP contribution < -0.4 is 0 Å². The molecule has 1 saturated heterocycles. The molecular formula is C14H15Cl2NO. The lowest BCUT2D eigenvalue weighted by Crippen LogP contribution is -2.35. The molecule has 1 amide bonds. The van der Waals surface area contributed by atoms with Crippen molar-refractivity contribution in [2.24, 2.45) is 0 Å². The Morgan fingerprint density at radius 3 is 2.22 bits per heavy atom. The molecule has 4 heteroatoms. The summed E-state index contributed by atoms with van der Waals surface area (Å²) in [7, 11) is 0. The molecule has 1 aliphatic heterocycles. The van der Waals surface area contributed by atoms with Gasteiger partial charge in [-0.3, -0.25) is 4.79 Å². The summed E-state index contributed by atoms with van der Waals surface area (Å²) >= 11 is 11.2. The molecule has 0 bridgehead atoms. The van der Waals surface area contributed by atoms with Gasteiger partial charge < -0.3 is 4.90 Å². The summed E-state index contributed by atoms with van der Waals surface area (Å²) in [4.78, 5) is 14.1. The van der Waals surface area contributed by atoms with Crippen LogP contribution in [0.2, 0.25) is 0 Å². The van der Waals surface area contributed by atoms with Crippen LogP contribution in [0.1, 0.15) is 35.2 Å². The number of carbonyl (C=O) groups is 1. The van der Waals surface area contributed by atoms with Crippen LogP contribution in [0.25, 0.3) is 6.08 Å². The molecule has 1 fully saturated rings. The van der Waals surface area contributed by atoms with E-state index in [-0.39, 0.29) is 10.4 Å². The molecule has 2 nitrogen and oxygen atoms in total. The highest BCUT2D eigenvalue weighted by Gasteiger charge is 2.17. The standard InChI is InChI=1S/C14H15Cl2NO/c15-13(16)10-11-4-6-12(7-5-11)14(18)17-8-2-1-3-9-17/h4-7,10H,1-3,8-9H2. The Kier molecular flexibility index (Phi) is 4.67. The largest absolute Gasteiger partial charge is 0.339 e. The molecule has 2 rings (SSSR count). The van der Waals surface area contributed by atoms with Gasteiger partial charge in [0.05, 0.1) is 0 Å². The van der Waals surface area contributed by atoms with Gasteiger partial charge in [0.2, 0.25) is 0 Å². The summed E-state index contributed by atoms with van der Waals surface area (Å²) in [5.74, 6) is 0.113. The highest BCUT2D eigenvalue weighted by molar-refractivity contribution is 6.57. The van der Waals surface area contributed by atoms with Crippen LogP contribution in [0.15, 0.2) is 28.8 Å². The number of likely N-dealkylation sites (tertiary alicyclic amines) is 1. The van der Waals surface area contributed by atoms with Crippen LogP contribution in [0, 0.1) is 0 Å². The Balaban J connectivity index is 2.09. The van der Waals surface area contributed by atoms with E-state index in [1.54, 1.807) is 6.08 Å². The van der Waals surface area contributed by atoms with Crippen molar-refractivity contribution < 1.29 is 4.79 Å². The maximum Gasteiger partial charge on any atom is 0.253 e. The van der Waals surface area contributed by atoms with E-state index in [2.05, 4.69) is 0 Å². The lowest BCUT2D eigenvalue weighted by atomic mass is 10.1. The molecule has 96 valence electrons. The second kappa shape index (κ2) is 6.26. The number of carbonyl (C=O) groups excluding carboxylic acids is 1. The van der Waals surface area contributed by atoms with Crippen molar-refractivity contribution in [3.63, 3.8) is 0 Å². The summed E-state index contributed by atoms with van der Waals surface area (Å²) in [5, 5.41) is 0. The third kappa shape index (κ3) is 3.50. The summed E-state index contributed by atoms with van der Waals surface area (Å²) in [6.45, 7) is 1.74. The first-order valence-electron chi connectivity index (χ1n) is 6.09. The van der Waals surface area contributed by atoms with Crippen molar-refractivity contribution in [2.75, 3.05) is 13.1 Å². The van der Waals surface area contributed by atoms with Crippen LogP contribution in [-0.4, -0.2) is 23.9 Å². The maximum absolute atomic E-state index is 12.2. The van der Waals surface area contributed by atoms with E-state index in [1.165, 1.54) is 6.42 Å². The van der Waals surface area contributed by atoms with Gasteiger partial charge in [-0.25, -0.2) is 0 Å². The lowest BCUT2D eigenvalue weighted by molar-refractivity contribution is 0.0724. The van der Waals surface area contributed by atoms with Gasteiger partial charge in [-0.2, -0.15) is 0 Å². The summed E-state index contributed by atoms with van der Waals surface area (Å²) < 4.78 is 0.213. The van der Waals surface area contributed by atoms with Crippen LogP contribution in [0.3, 0.4) is 0 Å². The molecule has 1 aliphatic rings. The van der Waals surface area contributed by atoms with Crippen molar-refractivity contribution in [2.45, 2.75) is 19.3 Å². The first kappa shape index (κ1) is 13.4. The molecule has 1 heterocycles. The SMILES string of the molecule is O=C(c1ccc(C=C(Cl)Cl)cc1)N1CCCCC1. The van der Waals surface area contributed by atoms with Gasteiger partial charge >= 0.3 is 0 Å². The predicted molar refractivity (Wildman–Crippen MR) is 75.9 cm³/mol. The molecule has 0 unspecified atom stereocenters. The number of amides is 1. The van der Waals surface area contributed by atoms with E-state index in [1.807, 2.05) is 29.2 Å².